The van der Waals surface area contributed by atoms with Crippen LogP contribution in [0.5, 0.6) is 0 Å². The predicted octanol–water partition coefficient (Wildman–Crippen LogP) is 5.48. The molecule has 0 radical (unpaired) electrons. The Morgan fingerprint density at radius 2 is 1.78 bits per heavy atom. The highest BCUT2D eigenvalue weighted by Gasteiger charge is 2.26. The van der Waals surface area contributed by atoms with Gasteiger partial charge in [0.05, 0.1) is 0 Å². The molecule has 0 heteroatoms. The molecule has 1 unspecified atom stereocenters. The second-order valence-electron chi connectivity index (χ2n) is 6.62. The van der Waals surface area contributed by atoms with Crippen LogP contribution >= 0.6 is 0 Å². The summed E-state index contributed by atoms with van der Waals surface area (Å²) in [5.41, 5.74) is 4.87. The van der Waals surface area contributed by atoms with E-state index in [2.05, 4.69) is 58.0 Å². The lowest BCUT2D eigenvalue weighted by molar-refractivity contribution is 0.225. The van der Waals surface area contributed by atoms with Gasteiger partial charge in [-0.25, -0.2) is 0 Å². The molecule has 0 aromatic heterocycles. The number of rotatable bonds is 2. The van der Waals surface area contributed by atoms with Crippen LogP contribution in [0.1, 0.15) is 58.1 Å². The zero-order valence-corrected chi connectivity index (χ0v) is 12.3. The summed E-state index contributed by atoms with van der Waals surface area (Å²) in [6.07, 6.45) is 7.43. The molecule has 0 amide bonds. The lowest BCUT2D eigenvalue weighted by atomic mass is 9.72. The van der Waals surface area contributed by atoms with Gasteiger partial charge in [-0.15, -0.1) is 0 Å². The average Bonchev–Trinajstić information content (AvgIpc) is 2.38. The lowest BCUT2D eigenvalue weighted by Crippen LogP contribution is -2.21. The standard InChI is InChI=1S/C18H26/c1-5-14-6-8-15(9-7-14)16-10-12-17(13-11-16)18(2,3)4/h6-10,17H,5,11-13H2,1-4H3. The molecule has 0 aliphatic heterocycles. The van der Waals surface area contributed by atoms with Crippen molar-refractivity contribution in [1.29, 1.82) is 0 Å². The summed E-state index contributed by atoms with van der Waals surface area (Å²) in [4.78, 5) is 0. The fourth-order valence-corrected chi connectivity index (χ4v) is 2.84. The van der Waals surface area contributed by atoms with Crippen LogP contribution in [-0.4, -0.2) is 0 Å². The first kappa shape index (κ1) is 13.4. The summed E-state index contributed by atoms with van der Waals surface area (Å²) in [5.74, 6) is 0.844. The van der Waals surface area contributed by atoms with E-state index in [9.17, 15) is 0 Å². The predicted molar refractivity (Wildman–Crippen MR) is 80.6 cm³/mol. The Bertz CT molecular complexity index is 414. The fraction of sp³-hybridized carbons (Fsp3) is 0.556. The second kappa shape index (κ2) is 5.30. The van der Waals surface area contributed by atoms with Gasteiger partial charge < -0.3 is 0 Å². The molecule has 1 atom stereocenters. The van der Waals surface area contributed by atoms with Gasteiger partial charge in [0.1, 0.15) is 0 Å². The van der Waals surface area contributed by atoms with E-state index in [4.69, 9.17) is 0 Å². The van der Waals surface area contributed by atoms with Gasteiger partial charge >= 0.3 is 0 Å². The molecule has 0 saturated carbocycles. The highest BCUT2D eigenvalue weighted by atomic mass is 14.3. The minimum absolute atomic E-state index is 0.452. The summed E-state index contributed by atoms with van der Waals surface area (Å²) in [6, 6.07) is 9.13. The molecule has 1 aliphatic rings. The van der Waals surface area contributed by atoms with E-state index in [0.717, 1.165) is 12.3 Å². The quantitative estimate of drug-likeness (QED) is 0.644. The van der Waals surface area contributed by atoms with Gasteiger partial charge in [0.2, 0.25) is 0 Å². The van der Waals surface area contributed by atoms with E-state index < -0.39 is 0 Å². The first-order chi connectivity index (χ1) is 8.50. The summed E-state index contributed by atoms with van der Waals surface area (Å²) in [5, 5.41) is 0. The molecule has 1 aliphatic carbocycles. The van der Waals surface area contributed by atoms with Crippen molar-refractivity contribution < 1.29 is 0 Å². The van der Waals surface area contributed by atoms with Crippen LogP contribution in [0, 0.1) is 11.3 Å². The van der Waals surface area contributed by atoms with E-state index in [0.29, 0.717) is 5.41 Å². The van der Waals surface area contributed by atoms with Crippen molar-refractivity contribution in [1.82, 2.24) is 0 Å². The third kappa shape index (κ3) is 3.04. The third-order valence-corrected chi connectivity index (χ3v) is 4.37. The Balaban J connectivity index is 2.09. The molecule has 0 fully saturated rings. The van der Waals surface area contributed by atoms with Crippen LogP contribution in [0.3, 0.4) is 0 Å². The first-order valence-corrected chi connectivity index (χ1v) is 7.29. The van der Waals surface area contributed by atoms with Crippen molar-refractivity contribution in [2.24, 2.45) is 11.3 Å². The molecular weight excluding hydrogens is 216 g/mol. The van der Waals surface area contributed by atoms with Crippen molar-refractivity contribution in [2.45, 2.75) is 53.4 Å². The minimum Gasteiger partial charge on any atom is -0.0804 e. The van der Waals surface area contributed by atoms with Crippen molar-refractivity contribution >= 4 is 5.57 Å². The summed E-state index contributed by atoms with van der Waals surface area (Å²) in [6.45, 7) is 9.31. The number of hydrogen-bond donors (Lipinski definition) is 0. The molecule has 0 N–H and O–H groups in total. The number of hydrogen-bond acceptors (Lipinski definition) is 0. The second-order valence-corrected chi connectivity index (χ2v) is 6.62. The Morgan fingerprint density at radius 3 is 2.22 bits per heavy atom. The molecule has 0 bridgehead atoms. The van der Waals surface area contributed by atoms with E-state index in [1.807, 2.05) is 0 Å². The third-order valence-electron chi connectivity index (χ3n) is 4.37. The maximum Gasteiger partial charge on any atom is -0.0228 e. The Hall–Kier alpha value is -1.04. The van der Waals surface area contributed by atoms with E-state index >= 15 is 0 Å². The zero-order valence-electron chi connectivity index (χ0n) is 12.3. The molecule has 1 aromatic rings. The van der Waals surface area contributed by atoms with E-state index in [1.54, 1.807) is 5.57 Å². The van der Waals surface area contributed by atoms with Gasteiger partial charge in [0.15, 0.2) is 0 Å². The molecular formula is C18H26. The zero-order chi connectivity index (χ0) is 13.2. The SMILES string of the molecule is CCc1ccc(C2=CCC(C(C)(C)C)CC2)cc1. The monoisotopic (exact) mass is 242 g/mol. The van der Waals surface area contributed by atoms with Crippen LogP contribution < -0.4 is 0 Å². The normalized spacial score (nSPS) is 20.7. The molecule has 0 nitrogen and oxygen atoms in total. The van der Waals surface area contributed by atoms with Crippen LogP contribution in [0.2, 0.25) is 0 Å². The van der Waals surface area contributed by atoms with Crippen molar-refractivity contribution in [3.8, 4) is 0 Å². The minimum atomic E-state index is 0.452. The van der Waals surface area contributed by atoms with Crippen LogP contribution in [0.25, 0.3) is 5.57 Å². The molecule has 0 saturated heterocycles. The number of benzene rings is 1. The molecule has 18 heavy (non-hydrogen) atoms. The summed E-state index contributed by atoms with van der Waals surface area (Å²) < 4.78 is 0. The highest BCUT2D eigenvalue weighted by Crippen LogP contribution is 2.39. The maximum atomic E-state index is 2.47. The van der Waals surface area contributed by atoms with Gasteiger partial charge in [-0.2, -0.15) is 0 Å². The Labute approximate surface area is 112 Å². The van der Waals surface area contributed by atoms with Crippen molar-refractivity contribution in [3.05, 3.63) is 41.5 Å². The van der Waals surface area contributed by atoms with Gasteiger partial charge in [0, 0.05) is 0 Å². The molecule has 1 aromatic carbocycles. The summed E-state index contributed by atoms with van der Waals surface area (Å²) in [7, 11) is 0. The van der Waals surface area contributed by atoms with Gasteiger partial charge in [-0.05, 0) is 53.7 Å². The maximum absolute atomic E-state index is 2.47. The molecule has 0 spiro atoms. The molecule has 0 heterocycles. The molecule has 98 valence electrons. The Kier molecular flexibility index (Phi) is 3.94. The van der Waals surface area contributed by atoms with Gasteiger partial charge in [-0.1, -0.05) is 58.0 Å². The topological polar surface area (TPSA) is 0 Å². The molecule has 2 rings (SSSR count). The number of allylic oxidation sites excluding steroid dienone is 2. The number of aryl methyl sites for hydroxylation is 1. The van der Waals surface area contributed by atoms with Crippen molar-refractivity contribution in [2.75, 3.05) is 0 Å². The van der Waals surface area contributed by atoms with Crippen LogP contribution in [0.15, 0.2) is 30.3 Å². The van der Waals surface area contributed by atoms with Gasteiger partial charge in [-0.3, -0.25) is 0 Å². The van der Waals surface area contributed by atoms with E-state index in [-0.39, 0.29) is 0 Å². The van der Waals surface area contributed by atoms with Crippen LogP contribution in [-0.2, 0) is 6.42 Å². The average molecular weight is 242 g/mol. The van der Waals surface area contributed by atoms with Crippen molar-refractivity contribution in [3.63, 3.8) is 0 Å². The van der Waals surface area contributed by atoms with Crippen LogP contribution in [0.4, 0.5) is 0 Å². The highest BCUT2D eigenvalue weighted by molar-refractivity contribution is 5.66. The fourth-order valence-electron chi connectivity index (χ4n) is 2.84. The Morgan fingerprint density at radius 1 is 1.11 bits per heavy atom. The first-order valence-electron chi connectivity index (χ1n) is 7.29. The summed E-state index contributed by atoms with van der Waals surface area (Å²) >= 11 is 0. The van der Waals surface area contributed by atoms with Gasteiger partial charge in [0.25, 0.3) is 0 Å². The smallest absolute Gasteiger partial charge is 0.0228 e. The van der Waals surface area contributed by atoms with E-state index in [1.165, 1.54) is 30.4 Å². The lowest BCUT2D eigenvalue weighted by Gasteiger charge is -2.33. The largest absolute Gasteiger partial charge is 0.0804 e.